The number of aromatic nitrogens is 3. The summed E-state index contributed by atoms with van der Waals surface area (Å²) in [4.78, 5) is 4.07. The molecule has 0 aliphatic rings. The SMILES string of the molecule is [H+].c1cc2c(ccc3[nH]ncc32)cn1. The third-order valence-corrected chi connectivity index (χ3v) is 2.24. The second-order valence-electron chi connectivity index (χ2n) is 2.99. The molecule has 1 aromatic carbocycles. The number of hydrogen-bond acceptors (Lipinski definition) is 2. The first-order valence-electron chi connectivity index (χ1n) is 4.11. The van der Waals surface area contributed by atoms with Crippen LogP contribution in [-0.2, 0) is 0 Å². The number of H-pyrrole nitrogens is 1. The molecule has 3 rings (SSSR count). The van der Waals surface area contributed by atoms with Gasteiger partial charge in [0.1, 0.15) is 0 Å². The number of pyridine rings is 1. The molecule has 3 aromatic rings. The average Bonchev–Trinajstić information content (AvgIpc) is 2.65. The van der Waals surface area contributed by atoms with Crippen molar-refractivity contribution in [1.82, 2.24) is 15.2 Å². The normalized spacial score (nSPS) is 11.1. The second-order valence-corrected chi connectivity index (χ2v) is 2.99. The van der Waals surface area contributed by atoms with Crippen LogP contribution in [0.15, 0.2) is 36.8 Å². The van der Waals surface area contributed by atoms with Gasteiger partial charge in [-0.1, -0.05) is 6.07 Å². The summed E-state index contributed by atoms with van der Waals surface area (Å²) in [6, 6.07) is 6.07. The number of benzene rings is 1. The molecule has 13 heavy (non-hydrogen) atoms. The first kappa shape index (κ1) is 6.60. The van der Waals surface area contributed by atoms with Crippen molar-refractivity contribution < 1.29 is 1.43 Å². The molecule has 3 nitrogen and oxygen atoms in total. The summed E-state index contributed by atoms with van der Waals surface area (Å²) in [6.45, 7) is 0. The quantitative estimate of drug-likeness (QED) is 0.562. The molecule has 0 aliphatic heterocycles. The van der Waals surface area contributed by atoms with E-state index in [4.69, 9.17) is 0 Å². The van der Waals surface area contributed by atoms with Gasteiger partial charge in [-0.2, -0.15) is 5.10 Å². The summed E-state index contributed by atoms with van der Waals surface area (Å²) in [7, 11) is 0. The summed E-state index contributed by atoms with van der Waals surface area (Å²) >= 11 is 0. The highest BCUT2D eigenvalue weighted by Gasteiger charge is 2.00. The molecule has 0 saturated carbocycles. The maximum atomic E-state index is 4.07. The lowest BCUT2D eigenvalue weighted by Crippen LogP contribution is -1.75. The highest BCUT2D eigenvalue weighted by Crippen LogP contribution is 2.22. The van der Waals surface area contributed by atoms with Crippen LogP contribution in [-0.4, -0.2) is 15.2 Å². The van der Waals surface area contributed by atoms with E-state index in [1.807, 2.05) is 30.6 Å². The van der Waals surface area contributed by atoms with Crippen molar-refractivity contribution in [3.8, 4) is 0 Å². The predicted octanol–water partition coefficient (Wildman–Crippen LogP) is 2.22. The van der Waals surface area contributed by atoms with E-state index in [9.17, 15) is 0 Å². The van der Waals surface area contributed by atoms with Crippen LogP contribution in [0.3, 0.4) is 0 Å². The zero-order valence-corrected chi connectivity index (χ0v) is 6.86. The van der Waals surface area contributed by atoms with Crippen LogP contribution in [0, 0.1) is 0 Å². The van der Waals surface area contributed by atoms with E-state index >= 15 is 0 Å². The minimum Gasteiger partial charge on any atom is -0.278 e. The number of nitrogens with one attached hydrogen (secondary N) is 1. The monoisotopic (exact) mass is 170 g/mol. The molecule has 0 aliphatic carbocycles. The van der Waals surface area contributed by atoms with Crippen molar-refractivity contribution >= 4 is 21.7 Å². The zero-order valence-electron chi connectivity index (χ0n) is 7.86. The summed E-state index contributed by atoms with van der Waals surface area (Å²) in [6.07, 6.45) is 5.51. The molecule has 0 spiro atoms. The predicted molar refractivity (Wildman–Crippen MR) is 52.5 cm³/mol. The van der Waals surface area contributed by atoms with E-state index in [1.165, 1.54) is 5.39 Å². The smallest absolute Gasteiger partial charge is 0.278 e. The van der Waals surface area contributed by atoms with Gasteiger partial charge in [0.15, 0.2) is 0 Å². The molecule has 0 saturated heterocycles. The number of nitrogens with zero attached hydrogens (tertiary/aromatic N) is 2. The molecule has 1 N–H and O–H groups in total. The van der Waals surface area contributed by atoms with Crippen LogP contribution in [0.5, 0.6) is 0 Å². The van der Waals surface area contributed by atoms with Gasteiger partial charge < -0.3 is 0 Å². The van der Waals surface area contributed by atoms with Gasteiger partial charge >= 0.3 is 1.43 Å². The van der Waals surface area contributed by atoms with Crippen molar-refractivity contribution in [2.24, 2.45) is 0 Å². The van der Waals surface area contributed by atoms with E-state index < -0.39 is 0 Å². The van der Waals surface area contributed by atoms with Crippen LogP contribution >= 0.6 is 0 Å². The Morgan fingerprint density at radius 3 is 3.08 bits per heavy atom. The molecule has 0 fully saturated rings. The molecule has 3 heteroatoms. The Balaban J connectivity index is 0.000000750. The third kappa shape index (κ3) is 0.839. The fourth-order valence-electron chi connectivity index (χ4n) is 1.60. The molecular weight excluding hydrogens is 162 g/mol. The number of hydrogen-bond donors (Lipinski definition) is 1. The Kier molecular flexibility index (Phi) is 1.16. The zero-order chi connectivity index (χ0) is 8.67. The summed E-state index contributed by atoms with van der Waals surface area (Å²) in [5.74, 6) is 0. The lowest BCUT2D eigenvalue weighted by atomic mass is 10.1. The van der Waals surface area contributed by atoms with Crippen LogP contribution < -0.4 is 0 Å². The Bertz CT molecular complexity index is 573. The van der Waals surface area contributed by atoms with Gasteiger partial charge in [-0.05, 0) is 17.5 Å². The number of fused-ring (bicyclic) bond motifs is 3. The van der Waals surface area contributed by atoms with E-state index in [2.05, 4.69) is 15.2 Å². The molecule has 0 bridgehead atoms. The maximum absolute atomic E-state index is 4.07. The van der Waals surface area contributed by atoms with Gasteiger partial charge in [-0.25, -0.2) is 0 Å². The highest BCUT2D eigenvalue weighted by atomic mass is 15.1. The first-order valence-corrected chi connectivity index (χ1v) is 4.11. The molecule has 0 atom stereocenters. The summed E-state index contributed by atoms with van der Waals surface area (Å²) in [5.41, 5.74) is 1.07. The number of aromatic amines is 1. The van der Waals surface area contributed by atoms with Crippen molar-refractivity contribution in [2.45, 2.75) is 0 Å². The molecule has 0 unspecified atom stereocenters. The molecule has 0 radical (unpaired) electrons. The van der Waals surface area contributed by atoms with Crippen LogP contribution in [0.25, 0.3) is 21.7 Å². The van der Waals surface area contributed by atoms with Crippen molar-refractivity contribution in [3.05, 3.63) is 36.8 Å². The van der Waals surface area contributed by atoms with Gasteiger partial charge in [0.25, 0.3) is 0 Å². The van der Waals surface area contributed by atoms with E-state index in [0.717, 1.165) is 16.3 Å². The number of rotatable bonds is 0. The first-order chi connectivity index (χ1) is 6.45. The second kappa shape index (κ2) is 2.29. The fraction of sp³-hybridized carbons (Fsp3) is 0. The molecule has 62 valence electrons. The average molecular weight is 170 g/mol. The Labute approximate surface area is 75.9 Å². The van der Waals surface area contributed by atoms with E-state index in [0.29, 0.717) is 0 Å². The highest BCUT2D eigenvalue weighted by molar-refractivity contribution is 6.05. The lowest BCUT2D eigenvalue weighted by Gasteiger charge is -1.96. The van der Waals surface area contributed by atoms with Crippen LogP contribution in [0.4, 0.5) is 0 Å². The van der Waals surface area contributed by atoms with Crippen molar-refractivity contribution in [2.75, 3.05) is 0 Å². The van der Waals surface area contributed by atoms with Crippen LogP contribution in [0.2, 0.25) is 0 Å². The summed E-state index contributed by atoms with van der Waals surface area (Å²) < 4.78 is 0. The van der Waals surface area contributed by atoms with Gasteiger partial charge in [0.05, 0.1) is 11.7 Å². The molecule has 2 aromatic heterocycles. The topological polar surface area (TPSA) is 41.6 Å². The van der Waals surface area contributed by atoms with Gasteiger partial charge in [-0.15, -0.1) is 0 Å². The molecular formula is C10H8N3+. The minimum atomic E-state index is 0. The maximum Gasteiger partial charge on any atom is 1.00 e. The summed E-state index contributed by atoms with van der Waals surface area (Å²) in [5, 5.41) is 10.4. The fourth-order valence-corrected chi connectivity index (χ4v) is 1.60. The van der Waals surface area contributed by atoms with Gasteiger partial charge in [0.2, 0.25) is 0 Å². The standard InChI is InChI=1S/C10H7N3/c1-2-10-9(6-12-13-10)8-3-4-11-5-7(1)8/h1-6H,(H,12,13)/p+1. The van der Waals surface area contributed by atoms with Crippen molar-refractivity contribution in [1.29, 1.82) is 0 Å². The minimum absolute atomic E-state index is 0. The molecule has 0 amide bonds. The van der Waals surface area contributed by atoms with E-state index in [1.54, 1.807) is 6.20 Å². The van der Waals surface area contributed by atoms with Crippen LogP contribution in [0.1, 0.15) is 1.43 Å². The largest absolute Gasteiger partial charge is 1.00 e. The Morgan fingerprint density at radius 2 is 2.08 bits per heavy atom. The van der Waals surface area contributed by atoms with Gasteiger partial charge in [-0.3, -0.25) is 10.1 Å². The Hall–Kier alpha value is -1.90. The Morgan fingerprint density at radius 1 is 1.08 bits per heavy atom. The van der Waals surface area contributed by atoms with Crippen molar-refractivity contribution in [3.63, 3.8) is 0 Å². The van der Waals surface area contributed by atoms with E-state index in [-0.39, 0.29) is 1.43 Å². The lowest BCUT2D eigenvalue weighted by molar-refractivity contribution is 1.12. The van der Waals surface area contributed by atoms with Gasteiger partial charge in [0, 0.05) is 23.2 Å². The molecule has 2 heterocycles. The third-order valence-electron chi connectivity index (χ3n) is 2.24.